The van der Waals surface area contributed by atoms with Crippen LogP contribution in [-0.4, -0.2) is 25.1 Å². The Morgan fingerprint density at radius 2 is 1.85 bits per heavy atom. The molecule has 0 aliphatic rings. The van der Waals surface area contributed by atoms with Crippen LogP contribution >= 0.6 is 0 Å². The molecule has 0 saturated carbocycles. The average molecular weight is 363 g/mol. The van der Waals surface area contributed by atoms with Gasteiger partial charge in [0.1, 0.15) is 17.4 Å². The average Bonchev–Trinajstić information content (AvgIpc) is 2.59. The van der Waals surface area contributed by atoms with Gasteiger partial charge in [0.2, 0.25) is 0 Å². The molecular formula is C19H19F2NO4. The van der Waals surface area contributed by atoms with Gasteiger partial charge in [0.05, 0.1) is 6.04 Å². The Bertz CT molecular complexity index is 795. The van der Waals surface area contributed by atoms with Gasteiger partial charge in [0.15, 0.2) is 13.2 Å². The maximum absolute atomic E-state index is 13.7. The lowest BCUT2D eigenvalue weighted by Crippen LogP contribution is -2.32. The van der Waals surface area contributed by atoms with Gasteiger partial charge in [0, 0.05) is 11.6 Å². The third kappa shape index (κ3) is 5.54. The van der Waals surface area contributed by atoms with Crippen LogP contribution in [0.4, 0.5) is 8.78 Å². The summed E-state index contributed by atoms with van der Waals surface area (Å²) in [4.78, 5) is 23.5. The van der Waals surface area contributed by atoms with Gasteiger partial charge in [-0.2, -0.15) is 0 Å². The van der Waals surface area contributed by atoms with E-state index in [-0.39, 0.29) is 12.2 Å². The summed E-state index contributed by atoms with van der Waals surface area (Å²) in [6, 6.07) is 9.55. The fourth-order valence-corrected chi connectivity index (χ4v) is 2.26. The van der Waals surface area contributed by atoms with Crippen molar-refractivity contribution in [2.24, 2.45) is 0 Å². The summed E-state index contributed by atoms with van der Waals surface area (Å²) in [6.07, 6.45) is 0. The van der Waals surface area contributed by atoms with E-state index < -0.39 is 36.2 Å². The van der Waals surface area contributed by atoms with E-state index in [9.17, 15) is 18.4 Å². The highest BCUT2D eigenvalue weighted by Crippen LogP contribution is 2.18. The number of esters is 1. The molecule has 1 N–H and O–H groups in total. The minimum absolute atomic E-state index is 0.133. The molecule has 0 unspecified atom stereocenters. The molecule has 0 saturated heterocycles. The fraction of sp³-hybridized carbons (Fsp3) is 0.263. The van der Waals surface area contributed by atoms with Crippen molar-refractivity contribution in [3.63, 3.8) is 0 Å². The van der Waals surface area contributed by atoms with Gasteiger partial charge < -0.3 is 14.8 Å². The van der Waals surface area contributed by atoms with Gasteiger partial charge in [-0.25, -0.2) is 13.6 Å². The molecule has 0 radical (unpaired) electrons. The van der Waals surface area contributed by atoms with Crippen LogP contribution in [0.3, 0.4) is 0 Å². The molecule has 26 heavy (non-hydrogen) atoms. The molecule has 0 spiro atoms. The predicted octanol–water partition coefficient (Wildman–Crippen LogP) is 3.07. The number of hydrogen-bond donors (Lipinski definition) is 1. The van der Waals surface area contributed by atoms with Crippen LogP contribution in [0, 0.1) is 18.6 Å². The largest absolute Gasteiger partial charge is 0.482 e. The number of hydrogen-bond acceptors (Lipinski definition) is 4. The standard InChI is InChI=1S/C19H19F2NO4/c1-12-5-3-4-6-17(12)25-11-19(24)26-10-18(23)22-13(2)15-8-7-14(20)9-16(15)21/h3-9,13H,10-11H2,1-2H3,(H,22,23)/t13-/m0/s1. The Hall–Kier alpha value is -2.96. The van der Waals surface area contributed by atoms with Crippen LogP contribution in [0.15, 0.2) is 42.5 Å². The first-order chi connectivity index (χ1) is 12.4. The molecule has 2 aromatic rings. The number of aryl methyl sites for hydroxylation is 1. The van der Waals surface area contributed by atoms with E-state index >= 15 is 0 Å². The van der Waals surface area contributed by atoms with Crippen molar-refractivity contribution < 1.29 is 27.8 Å². The zero-order valence-corrected chi connectivity index (χ0v) is 14.4. The van der Waals surface area contributed by atoms with Crippen molar-refractivity contribution in [2.75, 3.05) is 13.2 Å². The van der Waals surface area contributed by atoms with Crippen molar-refractivity contribution in [3.8, 4) is 5.75 Å². The lowest BCUT2D eigenvalue weighted by atomic mass is 10.1. The molecule has 2 aromatic carbocycles. The SMILES string of the molecule is Cc1ccccc1OCC(=O)OCC(=O)N[C@@H](C)c1ccc(F)cc1F. The lowest BCUT2D eigenvalue weighted by Gasteiger charge is -2.15. The first-order valence-corrected chi connectivity index (χ1v) is 7.95. The Morgan fingerprint density at radius 3 is 2.54 bits per heavy atom. The summed E-state index contributed by atoms with van der Waals surface area (Å²) in [5, 5.41) is 2.48. The van der Waals surface area contributed by atoms with Gasteiger partial charge in [-0.05, 0) is 31.5 Å². The van der Waals surface area contributed by atoms with Crippen molar-refractivity contribution in [1.29, 1.82) is 0 Å². The quantitative estimate of drug-likeness (QED) is 0.768. The van der Waals surface area contributed by atoms with Crippen LogP contribution in [0.25, 0.3) is 0 Å². The number of carbonyl (C=O) groups is 2. The third-order valence-electron chi connectivity index (χ3n) is 3.61. The van der Waals surface area contributed by atoms with Crippen LogP contribution in [0.1, 0.15) is 24.1 Å². The van der Waals surface area contributed by atoms with Crippen LogP contribution < -0.4 is 10.1 Å². The zero-order valence-electron chi connectivity index (χ0n) is 14.4. The molecule has 0 aromatic heterocycles. The second-order valence-corrected chi connectivity index (χ2v) is 5.67. The molecule has 5 nitrogen and oxygen atoms in total. The number of ether oxygens (including phenoxy) is 2. The highest BCUT2D eigenvalue weighted by molar-refractivity contribution is 5.81. The fourth-order valence-electron chi connectivity index (χ4n) is 2.26. The molecule has 1 atom stereocenters. The molecule has 1 amide bonds. The van der Waals surface area contributed by atoms with E-state index in [4.69, 9.17) is 9.47 Å². The summed E-state index contributed by atoms with van der Waals surface area (Å²) in [5.41, 5.74) is 1.00. The summed E-state index contributed by atoms with van der Waals surface area (Å²) in [5.74, 6) is -2.22. The zero-order chi connectivity index (χ0) is 19.1. The minimum Gasteiger partial charge on any atom is -0.482 e. The van der Waals surface area contributed by atoms with Gasteiger partial charge in [-0.1, -0.05) is 24.3 Å². The summed E-state index contributed by atoms with van der Waals surface area (Å²) < 4.78 is 36.7. The van der Waals surface area contributed by atoms with Gasteiger partial charge in [-0.3, -0.25) is 4.79 Å². The smallest absolute Gasteiger partial charge is 0.344 e. The molecule has 0 fully saturated rings. The minimum atomic E-state index is -0.763. The Kier molecular flexibility index (Phi) is 6.66. The highest BCUT2D eigenvalue weighted by Gasteiger charge is 2.15. The van der Waals surface area contributed by atoms with Gasteiger partial charge in [0.25, 0.3) is 5.91 Å². The maximum atomic E-state index is 13.7. The lowest BCUT2D eigenvalue weighted by molar-refractivity contribution is -0.150. The van der Waals surface area contributed by atoms with E-state index in [1.807, 2.05) is 19.1 Å². The molecule has 0 aliphatic carbocycles. The van der Waals surface area contributed by atoms with Crippen molar-refractivity contribution >= 4 is 11.9 Å². The first kappa shape index (κ1) is 19.4. The number of carbonyl (C=O) groups excluding carboxylic acids is 2. The van der Waals surface area contributed by atoms with E-state index in [1.54, 1.807) is 12.1 Å². The molecule has 7 heteroatoms. The number of benzene rings is 2. The normalized spacial score (nSPS) is 11.5. The number of rotatable bonds is 7. The third-order valence-corrected chi connectivity index (χ3v) is 3.61. The summed E-state index contributed by atoms with van der Waals surface area (Å²) >= 11 is 0. The van der Waals surface area contributed by atoms with E-state index in [2.05, 4.69) is 5.32 Å². The highest BCUT2D eigenvalue weighted by atomic mass is 19.1. The van der Waals surface area contributed by atoms with Crippen LogP contribution in [-0.2, 0) is 14.3 Å². The topological polar surface area (TPSA) is 64.6 Å². The molecule has 0 bridgehead atoms. The second-order valence-electron chi connectivity index (χ2n) is 5.67. The Morgan fingerprint density at radius 1 is 1.12 bits per heavy atom. The van der Waals surface area contributed by atoms with Crippen molar-refractivity contribution in [2.45, 2.75) is 19.9 Å². The monoisotopic (exact) mass is 363 g/mol. The van der Waals surface area contributed by atoms with Gasteiger partial charge in [-0.15, -0.1) is 0 Å². The Balaban J connectivity index is 1.77. The van der Waals surface area contributed by atoms with Crippen LogP contribution in [0.5, 0.6) is 5.75 Å². The van der Waals surface area contributed by atoms with E-state index in [1.165, 1.54) is 13.0 Å². The van der Waals surface area contributed by atoms with E-state index in [0.29, 0.717) is 5.75 Å². The summed E-state index contributed by atoms with van der Waals surface area (Å²) in [6.45, 7) is 2.52. The number of nitrogens with one attached hydrogen (secondary N) is 1. The van der Waals surface area contributed by atoms with Gasteiger partial charge >= 0.3 is 5.97 Å². The van der Waals surface area contributed by atoms with Crippen molar-refractivity contribution in [1.82, 2.24) is 5.32 Å². The van der Waals surface area contributed by atoms with E-state index in [0.717, 1.165) is 17.7 Å². The maximum Gasteiger partial charge on any atom is 0.344 e. The number of para-hydroxylation sites is 1. The number of amides is 1. The molecule has 138 valence electrons. The second kappa shape index (κ2) is 8.94. The van der Waals surface area contributed by atoms with Crippen LogP contribution in [0.2, 0.25) is 0 Å². The molecule has 2 rings (SSSR count). The molecule has 0 heterocycles. The molecule has 0 aliphatic heterocycles. The molecular weight excluding hydrogens is 344 g/mol. The Labute approximate surface area is 149 Å². The number of halogens is 2. The first-order valence-electron chi connectivity index (χ1n) is 7.95. The summed E-state index contributed by atoms with van der Waals surface area (Å²) in [7, 11) is 0. The van der Waals surface area contributed by atoms with Crippen molar-refractivity contribution in [3.05, 3.63) is 65.2 Å². The predicted molar refractivity (Wildman–Crippen MR) is 90.5 cm³/mol.